The van der Waals surface area contributed by atoms with E-state index in [9.17, 15) is 4.79 Å². The molecule has 0 saturated heterocycles. The number of imidazole rings is 1. The van der Waals surface area contributed by atoms with Gasteiger partial charge in [0.2, 0.25) is 5.95 Å². The Morgan fingerprint density at radius 3 is 2.79 bits per heavy atom. The van der Waals surface area contributed by atoms with E-state index in [4.69, 9.17) is 15.2 Å². The Balaban J connectivity index is 2.18. The second-order valence-corrected chi connectivity index (χ2v) is 4.83. The number of benzene rings is 1. The SMILES string of the molecule is CCOc1cc(C=Nn2cc(C)nc2N)ccc1OCC(=O)OC. The zero-order chi connectivity index (χ0) is 17.5. The van der Waals surface area contributed by atoms with E-state index < -0.39 is 5.97 Å². The third-order valence-electron chi connectivity index (χ3n) is 3.01. The van der Waals surface area contributed by atoms with Crippen LogP contribution < -0.4 is 15.2 Å². The molecule has 0 bridgehead atoms. The number of nitrogens with two attached hydrogens (primary N) is 1. The Hall–Kier alpha value is -3.03. The molecule has 8 heteroatoms. The summed E-state index contributed by atoms with van der Waals surface area (Å²) in [4.78, 5) is 15.3. The molecule has 1 heterocycles. The summed E-state index contributed by atoms with van der Waals surface area (Å²) in [5.41, 5.74) is 7.31. The quantitative estimate of drug-likeness (QED) is 0.610. The molecular formula is C16H20N4O4. The number of carbonyl (C=O) groups excluding carboxylic acids is 1. The monoisotopic (exact) mass is 332 g/mol. The van der Waals surface area contributed by atoms with Crippen molar-refractivity contribution in [2.75, 3.05) is 26.1 Å². The Bertz CT molecular complexity index is 740. The summed E-state index contributed by atoms with van der Waals surface area (Å²) in [7, 11) is 1.30. The van der Waals surface area contributed by atoms with Crippen molar-refractivity contribution in [3.63, 3.8) is 0 Å². The summed E-state index contributed by atoms with van der Waals surface area (Å²) < 4.78 is 17.0. The van der Waals surface area contributed by atoms with Crippen molar-refractivity contribution in [3.05, 3.63) is 35.7 Å². The van der Waals surface area contributed by atoms with Gasteiger partial charge in [-0.2, -0.15) is 5.10 Å². The van der Waals surface area contributed by atoms with Crippen LogP contribution in [0.15, 0.2) is 29.5 Å². The van der Waals surface area contributed by atoms with Crippen LogP contribution in [0.2, 0.25) is 0 Å². The summed E-state index contributed by atoms with van der Waals surface area (Å²) in [6, 6.07) is 5.26. The number of anilines is 1. The molecule has 0 radical (unpaired) electrons. The minimum absolute atomic E-state index is 0.186. The molecule has 0 aliphatic rings. The number of hydrogen-bond acceptors (Lipinski definition) is 7. The van der Waals surface area contributed by atoms with E-state index in [1.54, 1.807) is 30.6 Å². The number of aromatic nitrogens is 2. The van der Waals surface area contributed by atoms with Crippen molar-refractivity contribution in [1.82, 2.24) is 9.66 Å². The molecule has 8 nitrogen and oxygen atoms in total. The van der Waals surface area contributed by atoms with E-state index in [-0.39, 0.29) is 6.61 Å². The molecule has 2 N–H and O–H groups in total. The number of rotatable bonds is 7. The molecule has 0 unspecified atom stereocenters. The Labute approximate surface area is 139 Å². The Morgan fingerprint density at radius 1 is 1.38 bits per heavy atom. The number of nitrogen functional groups attached to an aromatic ring is 1. The van der Waals surface area contributed by atoms with Gasteiger partial charge in [0.1, 0.15) is 0 Å². The predicted octanol–water partition coefficient (Wildman–Crippen LogP) is 1.61. The van der Waals surface area contributed by atoms with E-state index in [2.05, 4.69) is 14.8 Å². The van der Waals surface area contributed by atoms with Crippen molar-refractivity contribution in [1.29, 1.82) is 0 Å². The van der Waals surface area contributed by atoms with Gasteiger partial charge in [-0.05, 0) is 37.6 Å². The van der Waals surface area contributed by atoms with Gasteiger partial charge in [0.25, 0.3) is 0 Å². The molecule has 24 heavy (non-hydrogen) atoms. The van der Waals surface area contributed by atoms with E-state index in [0.717, 1.165) is 11.3 Å². The van der Waals surface area contributed by atoms with Gasteiger partial charge in [0.05, 0.1) is 31.8 Å². The van der Waals surface area contributed by atoms with Crippen LogP contribution in [0.25, 0.3) is 0 Å². The third kappa shape index (κ3) is 4.48. The molecule has 0 saturated carbocycles. The first-order chi connectivity index (χ1) is 11.5. The number of nitrogens with zero attached hydrogens (tertiary/aromatic N) is 3. The molecule has 0 atom stereocenters. The predicted molar refractivity (Wildman–Crippen MR) is 89.5 cm³/mol. The first-order valence-electron chi connectivity index (χ1n) is 7.35. The third-order valence-corrected chi connectivity index (χ3v) is 3.01. The maximum Gasteiger partial charge on any atom is 0.343 e. The van der Waals surface area contributed by atoms with Crippen molar-refractivity contribution in [2.45, 2.75) is 13.8 Å². The lowest BCUT2D eigenvalue weighted by Crippen LogP contribution is -2.13. The fourth-order valence-electron chi connectivity index (χ4n) is 1.91. The zero-order valence-corrected chi connectivity index (χ0v) is 13.9. The molecule has 1 aromatic heterocycles. The topological polar surface area (TPSA) is 101 Å². The summed E-state index contributed by atoms with van der Waals surface area (Å²) in [6.07, 6.45) is 3.35. The molecule has 0 aliphatic heterocycles. The number of aryl methyl sites for hydroxylation is 1. The number of carbonyl (C=O) groups is 1. The first-order valence-corrected chi connectivity index (χ1v) is 7.35. The Morgan fingerprint density at radius 2 is 2.17 bits per heavy atom. The van der Waals surface area contributed by atoms with Gasteiger partial charge >= 0.3 is 5.97 Å². The maximum absolute atomic E-state index is 11.2. The zero-order valence-electron chi connectivity index (χ0n) is 13.9. The average molecular weight is 332 g/mol. The van der Waals surface area contributed by atoms with Gasteiger partial charge in [0.15, 0.2) is 18.1 Å². The van der Waals surface area contributed by atoms with Crippen LogP contribution in [0, 0.1) is 6.92 Å². The average Bonchev–Trinajstić information content (AvgIpc) is 2.89. The van der Waals surface area contributed by atoms with E-state index >= 15 is 0 Å². The van der Waals surface area contributed by atoms with Crippen LogP contribution in [-0.4, -0.2) is 42.2 Å². The van der Waals surface area contributed by atoms with Crippen molar-refractivity contribution in [2.24, 2.45) is 5.10 Å². The first kappa shape index (κ1) is 17.3. The molecule has 1 aromatic carbocycles. The molecule has 0 amide bonds. The molecular weight excluding hydrogens is 312 g/mol. The number of ether oxygens (including phenoxy) is 3. The second kappa shape index (κ2) is 8.00. The highest BCUT2D eigenvalue weighted by Crippen LogP contribution is 2.28. The van der Waals surface area contributed by atoms with Crippen molar-refractivity contribution in [3.8, 4) is 11.5 Å². The van der Waals surface area contributed by atoms with Crippen molar-refractivity contribution < 1.29 is 19.0 Å². The summed E-state index contributed by atoms with van der Waals surface area (Å²) >= 11 is 0. The highest BCUT2D eigenvalue weighted by molar-refractivity contribution is 5.81. The smallest absolute Gasteiger partial charge is 0.343 e. The minimum atomic E-state index is -0.464. The molecule has 2 rings (SSSR count). The lowest BCUT2D eigenvalue weighted by molar-refractivity contribution is -0.142. The number of methoxy groups -OCH3 is 1. The lowest BCUT2D eigenvalue weighted by atomic mass is 10.2. The largest absolute Gasteiger partial charge is 0.490 e. The standard InChI is InChI=1S/C16H20N4O4/c1-4-23-14-7-12(5-6-13(14)24-10-15(21)22-3)8-18-20-9-11(2)19-16(20)17/h5-9H,4,10H2,1-3H3,(H2,17,19). The van der Waals surface area contributed by atoms with Crippen LogP contribution in [0.3, 0.4) is 0 Å². The molecule has 0 fully saturated rings. The summed E-state index contributed by atoms with van der Waals surface area (Å²) in [6.45, 7) is 3.97. The maximum atomic E-state index is 11.2. The number of esters is 1. The van der Waals surface area contributed by atoms with Gasteiger partial charge in [0, 0.05) is 0 Å². The summed E-state index contributed by atoms with van der Waals surface area (Å²) in [5.74, 6) is 0.818. The van der Waals surface area contributed by atoms with Gasteiger partial charge < -0.3 is 19.9 Å². The lowest BCUT2D eigenvalue weighted by Gasteiger charge is -2.11. The van der Waals surface area contributed by atoms with Gasteiger partial charge in [-0.3, -0.25) is 0 Å². The van der Waals surface area contributed by atoms with Crippen LogP contribution >= 0.6 is 0 Å². The van der Waals surface area contributed by atoms with Gasteiger partial charge in [-0.1, -0.05) is 0 Å². The van der Waals surface area contributed by atoms with Crippen LogP contribution in [-0.2, 0) is 9.53 Å². The number of hydrogen-bond donors (Lipinski definition) is 1. The van der Waals surface area contributed by atoms with Crippen LogP contribution in [0.4, 0.5) is 5.95 Å². The van der Waals surface area contributed by atoms with Gasteiger partial charge in [-0.15, -0.1) is 0 Å². The Kier molecular flexibility index (Phi) is 5.78. The van der Waals surface area contributed by atoms with Crippen LogP contribution in [0.1, 0.15) is 18.2 Å². The molecule has 0 aliphatic carbocycles. The minimum Gasteiger partial charge on any atom is -0.490 e. The van der Waals surface area contributed by atoms with Crippen molar-refractivity contribution >= 4 is 18.1 Å². The van der Waals surface area contributed by atoms with Crippen LogP contribution in [0.5, 0.6) is 11.5 Å². The second-order valence-electron chi connectivity index (χ2n) is 4.83. The van der Waals surface area contributed by atoms with Gasteiger partial charge in [-0.25, -0.2) is 14.5 Å². The van der Waals surface area contributed by atoms with E-state index in [0.29, 0.717) is 24.1 Å². The molecule has 2 aromatic rings. The van der Waals surface area contributed by atoms with E-state index in [1.165, 1.54) is 11.8 Å². The highest BCUT2D eigenvalue weighted by Gasteiger charge is 2.09. The summed E-state index contributed by atoms with van der Waals surface area (Å²) in [5, 5.41) is 4.25. The molecule has 128 valence electrons. The highest BCUT2D eigenvalue weighted by atomic mass is 16.6. The molecule has 0 spiro atoms. The fraction of sp³-hybridized carbons (Fsp3) is 0.312. The normalized spacial score (nSPS) is 10.8. The van der Waals surface area contributed by atoms with E-state index in [1.807, 2.05) is 13.8 Å². The fourth-order valence-corrected chi connectivity index (χ4v) is 1.91.